The Hall–Kier alpha value is -2.12. The van der Waals surface area contributed by atoms with Crippen LogP contribution in [-0.4, -0.2) is 61.9 Å². The van der Waals surface area contributed by atoms with Gasteiger partial charge in [-0.2, -0.15) is 4.31 Å². The molecule has 0 spiro atoms. The van der Waals surface area contributed by atoms with E-state index in [-0.39, 0.29) is 30.3 Å². The van der Waals surface area contributed by atoms with Gasteiger partial charge < -0.3 is 20.8 Å². The summed E-state index contributed by atoms with van der Waals surface area (Å²) in [5, 5.41) is 5.00. The first-order valence-electron chi connectivity index (χ1n) is 10.1. The van der Waals surface area contributed by atoms with Crippen LogP contribution in [0.1, 0.15) is 23.8 Å². The number of morpholine rings is 1. The molecule has 1 aromatic carbocycles. The van der Waals surface area contributed by atoms with Gasteiger partial charge in [-0.3, -0.25) is 9.59 Å². The number of carbonyl (C=O) groups is 2. The molecule has 12 heteroatoms. The second-order valence-corrected chi connectivity index (χ2v) is 11.1. The molecule has 1 saturated heterocycles. The molecule has 178 valence electrons. The summed E-state index contributed by atoms with van der Waals surface area (Å²) in [6, 6.07) is 4.98. The molecule has 2 amide bonds. The molecule has 0 aliphatic carbocycles. The highest BCUT2D eigenvalue weighted by Gasteiger charge is 2.37. The van der Waals surface area contributed by atoms with Crippen molar-refractivity contribution in [1.82, 2.24) is 14.6 Å². The van der Waals surface area contributed by atoms with Gasteiger partial charge in [0.1, 0.15) is 16.7 Å². The number of aromatic nitrogens is 1. The monoisotopic (exact) mass is 556 g/mol. The van der Waals surface area contributed by atoms with E-state index in [9.17, 15) is 18.0 Å². The number of nitrogens with zero attached hydrogens (tertiary/aromatic N) is 1. The van der Waals surface area contributed by atoms with E-state index < -0.39 is 27.9 Å². The standard InChI is InChI=1S/C21H25BrN4O5S2/c1-3-10-32-13(2)6-7-24-21(28)17-12-26(8-9-31-17)33(29,30)19-15-11-14(22)4-5-16(15)25-18(19)20(23)27/h3-5,10-11,17,25H,2,6-9,12H2,1H3,(H2,23,27)(H,24,28)/b10-3-. The number of allylic oxidation sites excluding steroid dienone is 1. The highest BCUT2D eigenvalue weighted by Crippen LogP contribution is 2.32. The van der Waals surface area contributed by atoms with Crippen molar-refractivity contribution in [2.45, 2.75) is 24.3 Å². The SMILES string of the molecule is C=C(CCNC(=O)C1CN(S(=O)(=O)c2c(C(N)=O)[nH]c3ccc(Br)cc23)CCO1)S/C=C\C. The number of carbonyl (C=O) groups excluding carboxylic acids is 2. The summed E-state index contributed by atoms with van der Waals surface area (Å²) in [5.74, 6) is -1.30. The third kappa shape index (κ3) is 5.87. The van der Waals surface area contributed by atoms with Gasteiger partial charge >= 0.3 is 0 Å². The smallest absolute Gasteiger partial charge is 0.266 e. The van der Waals surface area contributed by atoms with E-state index in [2.05, 4.69) is 32.8 Å². The minimum absolute atomic E-state index is 0.0408. The molecular formula is C21H25BrN4O5S2. The van der Waals surface area contributed by atoms with Gasteiger partial charge in [0, 0.05) is 35.0 Å². The minimum atomic E-state index is -4.15. The van der Waals surface area contributed by atoms with E-state index in [0.717, 1.165) is 9.21 Å². The van der Waals surface area contributed by atoms with Crippen molar-refractivity contribution < 1.29 is 22.7 Å². The Balaban J connectivity index is 1.78. The van der Waals surface area contributed by atoms with Crippen molar-refractivity contribution in [2.24, 2.45) is 5.73 Å². The highest BCUT2D eigenvalue weighted by molar-refractivity contribution is 9.10. The van der Waals surface area contributed by atoms with E-state index in [1.54, 1.807) is 18.2 Å². The van der Waals surface area contributed by atoms with Gasteiger partial charge in [0.2, 0.25) is 10.0 Å². The Morgan fingerprint density at radius 1 is 1.45 bits per heavy atom. The van der Waals surface area contributed by atoms with Gasteiger partial charge in [0.05, 0.1) is 6.61 Å². The molecule has 1 atom stereocenters. The van der Waals surface area contributed by atoms with Crippen LogP contribution in [-0.2, 0) is 19.6 Å². The second kappa shape index (κ2) is 10.9. The summed E-state index contributed by atoms with van der Waals surface area (Å²) in [5.41, 5.74) is 5.72. The van der Waals surface area contributed by atoms with Crippen LogP contribution in [0.5, 0.6) is 0 Å². The van der Waals surface area contributed by atoms with Crippen LogP contribution in [0.2, 0.25) is 0 Å². The first-order chi connectivity index (χ1) is 15.6. The van der Waals surface area contributed by atoms with Crippen LogP contribution < -0.4 is 11.1 Å². The normalized spacial score (nSPS) is 17.5. The van der Waals surface area contributed by atoms with Crippen molar-refractivity contribution in [1.29, 1.82) is 0 Å². The van der Waals surface area contributed by atoms with E-state index in [4.69, 9.17) is 10.5 Å². The molecule has 0 bridgehead atoms. The number of primary amides is 1. The highest BCUT2D eigenvalue weighted by atomic mass is 79.9. The van der Waals surface area contributed by atoms with Crippen LogP contribution in [0.4, 0.5) is 0 Å². The number of nitrogens with two attached hydrogens (primary N) is 1. The summed E-state index contributed by atoms with van der Waals surface area (Å²) in [6.07, 6.45) is 1.50. The molecule has 0 saturated carbocycles. The van der Waals surface area contributed by atoms with Crippen LogP contribution in [0.3, 0.4) is 0 Å². The third-order valence-electron chi connectivity index (χ3n) is 4.95. The van der Waals surface area contributed by atoms with Gasteiger partial charge in [-0.25, -0.2) is 8.42 Å². The molecule has 3 rings (SSSR count). The number of sulfonamides is 1. The zero-order chi connectivity index (χ0) is 24.2. The van der Waals surface area contributed by atoms with Crippen LogP contribution in [0, 0.1) is 0 Å². The number of rotatable bonds is 9. The summed E-state index contributed by atoms with van der Waals surface area (Å²) in [4.78, 5) is 28.1. The fourth-order valence-corrected chi connectivity index (χ4v) is 6.05. The van der Waals surface area contributed by atoms with Crippen molar-refractivity contribution in [3.63, 3.8) is 0 Å². The Labute approximate surface area is 205 Å². The predicted octanol–water partition coefficient (Wildman–Crippen LogP) is 2.71. The molecule has 1 aliphatic rings. The number of thioether (sulfide) groups is 1. The Bertz CT molecular complexity index is 1210. The van der Waals surface area contributed by atoms with E-state index >= 15 is 0 Å². The maximum absolute atomic E-state index is 13.5. The number of benzene rings is 1. The molecule has 1 fully saturated rings. The molecular weight excluding hydrogens is 532 g/mol. The van der Waals surface area contributed by atoms with Gasteiger partial charge in [0.15, 0.2) is 0 Å². The zero-order valence-corrected chi connectivity index (χ0v) is 21.2. The average Bonchev–Trinajstić information content (AvgIpc) is 3.17. The number of fused-ring (bicyclic) bond motifs is 1. The molecule has 1 aliphatic heterocycles. The second-order valence-electron chi connectivity index (χ2n) is 7.27. The zero-order valence-electron chi connectivity index (χ0n) is 18.0. The van der Waals surface area contributed by atoms with Gasteiger partial charge in [-0.1, -0.05) is 28.6 Å². The number of hydrogen-bond donors (Lipinski definition) is 3. The molecule has 1 aromatic heterocycles. The molecule has 2 aromatic rings. The van der Waals surface area contributed by atoms with E-state index in [1.807, 2.05) is 18.4 Å². The number of hydrogen-bond acceptors (Lipinski definition) is 6. The number of amides is 2. The Kier molecular flexibility index (Phi) is 8.40. The van der Waals surface area contributed by atoms with E-state index in [0.29, 0.717) is 28.3 Å². The number of ether oxygens (including phenoxy) is 1. The maximum atomic E-state index is 13.5. The largest absolute Gasteiger partial charge is 0.366 e. The van der Waals surface area contributed by atoms with Crippen LogP contribution in [0.15, 0.2) is 50.5 Å². The summed E-state index contributed by atoms with van der Waals surface area (Å²) < 4.78 is 34.4. The van der Waals surface area contributed by atoms with Crippen molar-refractivity contribution >= 4 is 60.4 Å². The van der Waals surface area contributed by atoms with Crippen LogP contribution >= 0.6 is 27.7 Å². The summed E-state index contributed by atoms with van der Waals surface area (Å²) in [6.45, 7) is 6.10. The molecule has 4 N–H and O–H groups in total. The third-order valence-corrected chi connectivity index (χ3v) is 8.34. The number of aromatic amines is 1. The van der Waals surface area contributed by atoms with Gasteiger partial charge in [0.25, 0.3) is 11.8 Å². The van der Waals surface area contributed by atoms with Gasteiger partial charge in [-0.15, -0.1) is 11.8 Å². The Morgan fingerprint density at radius 3 is 2.91 bits per heavy atom. The first kappa shape index (κ1) is 25.5. The molecule has 1 unspecified atom stereocenters. The lowest BCUT2D eigenvalue weighted by Crippen LogP contribution is -2.51. The fourth-order valence-electron chi connectivity index (χ4n) is 3.37. The maximum Gasteiger partial charge on any atom is 0.266 e. The Morgan fingerprint density at radius 2 is 2.21 bits per heavy atom. The molecule has 9 nitrogen and oxygen atoms in total. The number of nitrogens with one attached hydrogen (secondary N) is 2. The molecule has 33 heavy (non-hydrogen) atoms. The number of H-pyrrole nitrogens is 1. The van der Waals surface area contributed by atoms with Gasteiger partial charge in [-0.05, 0) is 41.9 Å². The first-order valence-corrected chi connectivity index (χ1v) is 13.2. The van der Waals surface area contributed by atoms with Crippen molar-refractivity contribution in [2.75, 3.05) is 26.2 Å². The summed E-state index contributed by atoms with van der Waals surface area (Å²) >= 11 is 4.81. The fraction of sp³-hybridized carbons (Fsp3) is 0.333. The lowest BCUT2D eigenvalue weighted by atomic mass is 10.2. The van der Waals surface area contributed by atoms with Crippen molar-refractivity contribution in [3.8, 4) is 0 Å². The van der Waals surface area contributed by atoms with E-state index in [1.165, 1.54) is 11.8 Å². The quantitative estimate of drug-likeness (QED) is 0.434. The lowest BCUT2D eigenvalue weighted by Gasteiger charge is -2.31. The average molecular weight is 557 g/mol. The molecule has 2 heterocycles. The predicted molar refractivity (Wildman–Crippen MR) is 132 cm³/mol. The molecule has 0 radical (unpaired) electrons. The topological polar surface area (TPSA) is 135 Å². The lowest BCUT2D eigenvalue weighted by molar-refractivity contribution is -0.136. The van der Waals surface area contributed by atoms with Crippen molar-refractivity contribution in [3.05, 3.63) is 51.3 Å². The van der Waals surface area contributed by atoms with Crippen LogP contribution in [0.25, 0.3) is 10.9 Å². The minimum Gasteiger partial charge on any atom is -0.366 e. The summed E-state index contributed by atoms with van der Waals surface area (Å²) in [7, 11) is -4.15. The number of halogens is 1.